The number of piperidine rings is 1. The molecule has 0 aromatic heterocycles. The van der Waals surface area contributed by atoms with Gasteiger partial charge in [-0.05, 0) is 40.5 Å². The van der Waals surface area contributed by atoms with Crippen LogP contribution in [0, 0.1) is 0 Å². The highest BCUT2D eigenvalue weighted by Crippen LogP contribution is 2.28. The van der Waals surface area contributed by atoms with Gasteiger partial charge in [0.25, 0.3) is 0 Å². The molecular formula is C12H24ClN3O. The molecule has 0 unspecified atom stereocenters. The van der Waals surface area contributed by atoms with Gasteiger partial charge in [0.15, 0.2) is 0 Å². The summed E-state index contributed by atoms with van der Waals surface area (Å²) >= 11 is 5.53. The van der Waals surface area contributed by atoms with Crippen molar-refractivity contribution in [3.05, 3.63) is 0 Å². The number of urea groups is 1. The minimum atomic E-state index is -0.121. The molecule has 4 nitrogen and oxygen atoms in total. The lowest BCUT2D eigenvalue weighted by Crippen LogP contribution is -2.62. The molecule has 0 saturated carbocycles. The third-order valence-electron chi connectivity index (χ3n) is 2.91. The van der Waals surface area contributed by atoms with E-state index in [1.165, 1.54) is 0 Å². The fourth-order valence-corrected chi connectivity index (χ4v) is 2.92. The van der Waals surface area contributed by atoms with Crippen molar-refractivity contribution < 1.29 is 4.79 Å². The highest BCUT2D eigenvalue weighted by atomic mass is 35.5. The molecule has 100 valence electrons. The number of amides is 2. The van der Waals surface area contributed by atoms with E-state index in [1.807, 2.05) is 0 Å². The van der Waals surface area contributed by atoms with Gasteiger partial charge in [-0.2, -0.15) is 0 Å². The molecule has 5 heteroatoms. The highest BCUT2D eigenvalue weighted by molar-refractivity contribution is 6.18. The fraction of sp³-hybridized carbons (Fsp3) is 0.917. The van der Waals surface area contributed by atoms with E-state index in [-0.39, 0.29) is 23.2 Å². The van der Waals surface area contributed by atoms with Crippen LogP contribution in [0.2, 0.25) is 0 Å². The minimum Gasteiger partial charge on any atom is -0.337 e. The first-order chi connectivity index (χ1) is 7.74. The van der Waals surface area contributed by atoms with Crippen molar-refractivity contribution in [2.24, 2.45) is 0 Å². The lowest BCUT2D eigenvalue weighted by atomic mass is 9.80. The fourth-order valence-electron chi connectivity index (χ4n) is 2.82. The Morgan fingerprint density at radius 1 is 1.29 bits per heavy atom. The third kappa shape index (κ3) is 5.13. The largest absolute Gasteiger partial charge is 0.337 e. The van der Waals surface area contributed by atoms with Crippen molar-refractivity contribution >= 4 is 17.6 Å². The molecule has 0 atom stereocenters. The standard InChI is InChI=1S/C12H24ClN3O/c1-11(2)7-9(8-12(3,4)16-11)15-10(17)14-6-5-13/h9,16H,5-8H2,1-4H3,(H2,14,15,17). The molecule has 0 bridgehead atoms. The molecule has 0 radical (unpaired) electrons. The maximum Gasteiger partial charge on any atom is 0.315 e. The topological polar surface area (TPSA) is 53.2 Å². The van der Waals surface area contributed by atoms with Gasteiger partial charge >= 0.3 is 6.03 Å². The molecule has 1 aliphatic rings. The molecule has 0 aromatic rings. The molecule has 1 saturated heterocycles. The maximum absolute atomic E-state index is 11.6. The van der Waals surface area contributed by atoms with Crippen LogP contribution in [0.15, 0.2) is 0 Å². The number of alkyl halides is 1. The molecule has 0 spiro atoms. The van der Waals surface area contributed by atoms with E-state index in [0.29, 0.717) is 12.4 Å². The van der Waals surface area contributed by atoms with Gasteiger partial charge in [-0.1, -0.05) is 0 Å². The van der Waals surface area contributed by atoms with Gasteiger partial charge in [-0.15, -0.1) is 11.6 Å². The second-order valence-corrected chi connectivity index (χ2v) is 6.47. The first-order valence-corrected chi connectivity index (χ1v) is 6.67. The zero-order valence-corrected chi connectivity index (χ0v) is 11.9. The van der Waals surface area contributed by atoms with Crippen LogP contribution in [-0.4, -0.2) is 35.6 Å². The van der Waals surface area contributed by atoms with Gasteiger partial charge in [0.05, 0.1) is 0 Å². The second kappa shape index (κ2) is 5.44. The average molecular weight is 262 g/mol. The molecule has 1 heterocycles. The Hall–Kier alpha value is -0.480. The Morgan fingerprint density at radius 3 is 2.29 bits per heavy atom. The molecule has 1 rings (SSSR count). The van der Waals surface area contributed by atoms with Crippen LogP contribution in [0.1, 0.15) is 40.5 Å². The van der Waals surface area contributed by atoms with Gasteiger partial charge in [-0.3, -0.25) is 0 Å². The quantitative estimate of drug-likeness (QED) is 0.679. The van der Waals surface area contributed by atoms with E-state index >= 15 is 0 Å². The van der Waals surface area contributed by atoms with Gasteiger partial charge < -0.3 is 16.0 Å². The molecule has 0 aromatic carbocycles. The highest BCUT2D eigenvalue weighted by Gasteiger charge is 2.38. The lowest BCUT2D eigenvalue weighted by molar-refractivity contribution is 0.147. The predicted octanol–water partition coefficient (Wildman–Crippen LogP) is 1.83. The summed E-state index contributed by atoms with van der Waals surface area (Å²) in [5.74, 6) is 0.441. The molecule has 2 amide bonds. The average Bonchev–Trinajstić information content (AvgIpc) is 2.09. The molecule has 17 heavy (non-hydrogen) atoms. The summed E-state index contributed by atoms with van der Waals surface area (Å²) in [6, 6.07) is 0.0840. The van der Waals surface area contributed by atoms with Crippen molar-refractivity contribution in [2.45, 2.75) is 57.7 Å². The molecule has 0 aliphatic carbocycles. The minimum absolute atomic E-state index is 0.0478. The number of rotatable bonds is 3. The summed E-state index contributed by atoms with van der Waals surface area (Å²) < 4.78 is 0. The zero-order chi connectivity index (χ0) is 13.1. The van der Waals surface area contributed by atoms with Crippen molar-refractivity contribution in [1.82, 2.24) is 16.0 Å². The first kappa shape index (κ1) is 14.6. The maximum atomic E-state index is 11.6. The smallest absolute Gasteiger partial charge is 0.315 e. The van der Waals surface area contributed by atoms with Crippen LogP contribution in [0.4, 0.5) is 4.79 Å². The molecule has 1 fully saturated rings. The molecule has 3 N–H and O–H groups in total. The molecular weight excluding hydrogens is 238 g/mol. The predicted molar refractivity (Wildman–Crippen MR) is 71.6 cm³/mol. The Morgan fingerprint density at radius 2 is 1.82 bits per heavy atom. The number of halogens is 1. The lowest BCUT2D eigenvalue weighted by Gasteiger charge is -2.46. The Bertz CT molecular complexity index is 263. The Labute approximate surface area is 109 Å². The van der Waals surface area contributed by atoms with Crippen molar-refractivity contribution in [1.29, 1.82) is 0 Å². The van der Waals surface area contributed by atoms with Crippen molar-refractivity contribution in [2.75, 3.05) is 12.4 Å². The number of carbonyl (C=O) groups excluding carboxylic acids is 1. The number of hydrogen-bond donors (Lipinski definition) is 3. The summed E-state index contributed by atoms with van der Waals surface area (Å²) in [5, 5.41) is 9.33. The van der Waals surface area contributed by atoms with E-state index in [4.69, 9.17) is 11.6 Å². The van der Waals surface area contributed by atoms with Gasteiger partial charge in [0.2, 0.25) is 0 Å². The number of nitrogens with one attached hydrogen (secondary N) is 3. The number of hydrogen-bond acceptors (Lipinski definition) is 2. The first-order valence-electron chi connectivity index (χ1n) is 6.14. The van der Waals surface area contributed by atoms with E-state index < -0.39 is 0 Å². The van der Waals surface area contributed by atoms with Crippen LogP contribution in [0.25, 0.3) is 0 Å². The Balaban J connectivity index is 2.51. The Kier molecular flexibility index (Phi) is 4.67. The molecule has 1 aliphatic heterocycles. The number of carbonyl (C=O) groups is 1. The van der Waals surface area contributed by atoms with E-state index in [0.717, 1.165) is 12.8 Å². The van der Waals surface area contributed by atoms with Gasteiger partial charge in [0, 0.05) is 29.5 Å². The van der Waals surface area contributed by atoms with Crippen molar-refractivity contribution in [3.63, 3.8) is 0 Å². The zero-order valence-electron chi connectivity index (χ0n) is 11.2. The van der Waals surface area contributed by atoms with E-state index in [9.17, 15) is 4.79 Å². The summed E-state index contributed by atoms with van der Waals surface area (Å²) in [7, 11) is 0. The summed E-state index contributed by atoms with van der Waals surface area (Å²) in [6.07, 6.45) is 1.87. The third-order valence-corrected chi connectivity index (χ3v) is 3.09. The normalized spacial score (nSPS) is 23.1. The van der Waals surface area contributed by atoms with Crippen LogP contribution in [0.3, 0.4) is 0 Å². The van der Waals surface area contributed by atoms with Crippen LogP contribution >= 0.6 is 11.6 Å². The SMILES string of the molecule is CC1(C)CC(NC(=O)NCCCl)CC(C)(C)N1. The van der Waals surface area contributed by atoms with Gasteiger partial charge in [-0.25, -0.2) is 4.79 Å². The van der Waals surface area contributed by atoms with Gasteiger partial charge in [0.1, 0.15) is 0 Å². The summed E-state index contributed by atoms with van der Waals surface area (Å²) in [5.41, 5.74) is 0.0956. The summed E-state index contributed by atoms with van der Waals surface area (Å²) in [6.45, 7) is 9.17. The van der Waals surface area contributed by atoms with E-state index in [2.05, 4.69) is 43.6 Å². The monoisotopic (exact) mass is 261 g/mol. The summed E-state index contributed by atoms with van der Waals surface area (Å²) in [4.78, 5) is 11.6. The second-order valence-electron chi connectivity index (χ2n) is 6.09. The van der Waals surface area contributed by atoms with Crippen LogP contribution < -0.4 is 16.0 Å². The van der Waals surface area contributed by atoms with E-state index in [1.54, 1.807) is 0 Å². The van der Waals surface area contributed by atoms with Crippen LogP contribution in [-0.2, 0) is 0 Å². The van der Waals surface area contributed by atoms with Crippen LogP contribution in [0.5, 0.6) is 0 Å². The van der Waals surface area contributed by atoms with Crippen molar-refractivity contribution in [3.8, 4) is 0 Å².